The number of fused-ring (bicyclic) bond motifs is 1. The summed E-state index contributed by atoms with van der Waals surface area (Å²) in [6.45, 7) is 5.66. The van der Waals surface area contributed by atoms with Crippen LogP contribution in [0.3, 0.4) is 0 Å². The monoisotopic (exact) mass is 322 g/mol. The Labute approximate surface area is 136 Å². The third kappa shape index (κ3) is 5.26. The van der Waals surface area contributed by atoms with Gasteiger partial charge in [0.05, 0.1) is 11.7 Å². The number of carbonyl (C=O) groups excluding carboxylic acids is 2. The molecule has 2 N–H and O–H groups in total. The van der Waals surface area contributed by atoms with E-state index >= 15 is 0 Å². The van der Waals surface area contributed by atoms with Gasteiger partial charge in [-0.25, -0.2) is 4.79 Å². The normalized spacial score (nSPS) is 17.3. The molecule has 0 saturated heterocycles. The van der Waals surface area contributed by atoms with E-state index in [4.69, 9.17) is 4.74 Å². The first kappa shape index (κ1) is 17.3. The van der Waals surface area contributed by atoms with Gasteiger partial charge >= 0.3 is 6.09 Å². The number of aryl methyl sites for hydroxylation is 2. The largest absolute Gasteiger partial charge is 0.444 e. The summed E-state index contributed by atoms with van der Waals surface area (Å²) in [5, 5.41) is 10.0. The number of carbonyl (C=O) groups is 2. The average molecular weight is 322 g/mol. The second-order valence-electron chi connectivity index (χ2n) is 6.90. The highest BCUT2D eigenvalue weighted by Gasteiger charge is 2.24. The molecule has 0 aromatic carbocycles. The number of nitrogens with zero attached hydrogens (tertiary/aromatic N) is 2. The molecule has 1 unspecified atom stereocenters. The lowest BCUT2D eigenvalue weighted by Gasteiger charge is -2.23. The Bertz CT molecular complexity index is 574. The fourth-order valence-electron chi connectivity index (χ4n) is 2.68. The summed E-state index contributed by atoms with van der Waals surface area (Å²) in [6, 6.07) is 0.0153. The van der Waals surface area contributed by atoms with Crippen molar-refractivity contribution in [2.24, 2.45) is 7.05 Å². The maximum Gasteiger partial charge on any atom is 0.407 e. The molecule has 1 aliphatic rings. The van der Waals surface area contributed by atoms with Crippen LogP contribution >= 0.6 is 0 Å². The summed E-state index contributed by atoms with van der Waals surface area (Å²) in [7, 11) is 1.89. The Balaban J connectivity index is 1.77. The fourth-order valence-corrected chi connectivity index (χ4v) is 2.68. The van der Waals surface area contributed by atoms with E-state index in [0.717, 1.165) is 30.5 Å². The van der Waals surface area contributed by atoms with E-state index in [1.807, 2.05) is 13.2 Å². The van der Waals surface area contributed by atoms with E-state index in [-0.39, 0.29) is 24.9 Å². The topological polar surface area (TPSA) is 85.3 Å². The summed E-state index contributed by atoms with van der Waals surface area (Å²) in [4.78, 5) is 23.6. The minimum absolute atomic E-state index is 0.0153. The quantitative estimate of drug-likeness (QED) is 0.885. The summed E-state index contributed by atoms with van der Waals surface area (Å²) in [5.74, 6) is -0.0808. The van der Waals surface area contributed by atoms with Crippen molar-refractivity contribution in [2.45, 2.75) is 58.1 Å². The maximum atomic E-state index is 12.1. The number of hydrogen-bond acceptors (Lipinski definition) is 4. The van der Waals surface area contributed by atoms with Crippen molar-refractivity contribution >= 4 is 12.0 Å². The molecule has 1 aliphatic carbocycles. The lowest BCUT2D eigenvalue weighted by molar-refractivity contribution is -0.121. The molecule has 7 heteroatoms. The third-order valence-electron chi connectivity index (χ3n) is 3.57. The van der Waals surface area contributed by atoms with Gasteiger partial charge in [-0.05, 0) is 40.0 Å². The van der Waals surface area contributed by atoms with E-state index in [9.17, 15) is 9.59 Å². The summed E-state index contributed by atoms with van der Waals surface area (Å²) in [6.07, 6.45) is 4.60. The predicted octanol–water partition coefficient (Wildman–Crippen LogP) is 1.83. The van der Waals surface area contributed by atoms with Gasteiger partial charge in [-0.1, -0.05) is 0 Å². The van der Waals surface area contributed by atoms with Crippen molar-refractivity contribution in [3.8, 4) is 0 Å². The minimum atomic E-state index is -0.537. The molecule has 128 valence electrons. The minimum Gasteiger partial charge on any atom is -0.444 e. The average Bonchev–Trinajstić information content (AvgIpc) is 2.78. The van der Waals surface area contributed by atoms with Crippen molar-refractivity contribution < 1.29 is 14.3 Å². The fraction of sp³-hybridized carbons (Fsp3) is 0.688. The van der Waals surface area contributed by atoms with Crippen LogP contribution in [0, 0.1) is 0 Å². The Kier molecular flexibility index (Phi) is 5.28. The highest BCUT2D eigenvalue weighted by Crippen LogP contribution is 2.28. The molecule has 2 amide bonds. The Morgan fingerprint density at radius 1 is 1.43 bits per heavy atom. The first-order valence-electron chi connectivity index (χ1n) is 8.03. The molecule has 0 aliphatic heterocycles. The number of amides is 2. The van der Waals surface area contributed by atoms with Gasteiger partial charge in [0.1, 0.15) is 5.60 Å². The van der Waals surface area contributed by atoms with Crippen LogP contribution in [0.15, 0.2) is 6.20 Å². The highest BCUT2D eigenvalue weighted by atomic mass is 16.6. The lowest BCUT2D eigenvalue weighted by Crippen LogP contribution is -2.36. The summed E-state index contributed by atoms with van der Waals surface area (Å²) < 4.78 is 6.92. The SMILES string of the molecule is Cn1cc2c(n1)CCCC2NC(=O)CCNC(=O)OC(C)(C)C. The lowest BCUT2D eigenvalue weighted by atomic mass is 9.93. The van der Waals surface area contributed by atoms with E-state index < -0.39 is 11.7 Å². The number of alkyl carbamates (subject to hydrolysis) is 1. The number of rotatable bonds is 4. The molecule has 1 heterocycles. The summed E-state index contributed by atoms with van der Waals surface area (Å²) >= 11 is 0. The van der Waals surface area contributed by atoms with Gasteiger partial charge in [-0.15, -0.1) is 0 Å². The molecule has 0 spiro atoms. The predicted molar refractivity (Wildman–Crippen MR) is 85.9 cm³/mol. The van der Waals surface area contributed by atoms with Crippen molar-refractivity contribution in [2.75, 3.05) is 6.54 Å². The van der Waals surface area contributed by atoms with E-state index in [1.54, 1.807) is 25.5 Å². The molecule has 0 saturated carbocycles. The smallest absolute Gasteiger partial charge is 0.407 e. The molecule has 0 fully saturated rings. The number of nitrogens with one attached hydrogen (secondary N) is 2. The zero-order valence-corrected chi connectivity index (χ0v) is 14.3. The Morgan fingerprint density at radius 3 is 2.87 bits per heavy atom. The molecule has 0 radical (unpaired) electrons. The second-order valence-corrected chi connectivity index (χ2v) is 6.90. The number of ether oxygens (including phenoxy) is 1. The van der Waals surface area contributed by atoms with Crippen LogP contribution < -0.4 is 10.6 Å². The molecule has 2 rings (SSSR count). The van der Waals surface area contributed by atoms with Gasteiger partial charge in [0, 0.05) is 31.8 Å². The zero-order valence-electron chi connectivity index (χ0n) is 14.3. The van der Waals surface area contributed by atoms with Gasteiger partial charge in [0.15, 0.2) is 0 Å². The van der Waals surface area contributed by atoms with Crippen molar-refractivity contribution in [1.82, 2.24) is 20.4 Å². The summed E-state index contributed by atoms with van der Waals surface area (Å²) in [5.41, 5.74) is 1.63. The van der Waals surface area contributed by atoms with E-state index in [1.165, 1.54) is 0 Å². The number of hydrogen-bond donors (Lipinski definition) is 2. The van der Waals surface area contributed by atoms with Crippen LogP contribution in [0.4, 0.5) is 4.79 Å². The van der Waals surface area contributed by atoms with Crippen LogP contribution in [-0.4, -0.2) is 33.9 Å². The molecule has 1 aromatic heterocycles. The van der Waals surface area contributed by atoms with Gasteiger partial charge in [-0.3, -0.25) is 9.48 Å². The number of aromatic nitrogens is 2. The third-order valence-corrected chi connectivity index (χ3v) is 3.57. The molecular weight excluding hydrogens is 296 g/mol. The van der Waals surface area contributed by atoms with Crippen molar-refractivity contribution in [1.29, 1.82) is 0 Å². The Hall–Kier alpha value is -2.05. The standard InChI is InChI=1S/C16H26N4O3/c1-16(2,3)23-15(22)17-9-8-14(21)18-12-6-5-7-13-11(12)10-20(4)19-13/h10,12H,5-9H2,1-4H3,(H,17,22)(H,18,21). The first-order valence-corrected chi connectivity index (χ1v) is 8.03. The van der Waals surface area contributed by atoms with Gasteiger partial charge < -0.3 is 15.4 Å². The van der Waals surface area contributed by atoms with Crippen LogP contribution in [-0.2, 0) is 23.0 Å². The molecular formula is C16H26N4O3. The van der Waals surface area contributed by atoms with E-state index in [0.29, 0.717) is 0 Å². The van der Waals surface area contributed by atoms with Crippen molar-refractivity contribution in [3.63, 3.8) is 0 Å². The molecule has 1 aromatic rings. The van der Waals surface area contributed by atoms with Crippen molar-refractivity contribution in [3.05, 3.63) is 17.5 Å². The van der Waals surface area contributed by atoms with Gasteiger partial charge in [0.2, 0.25) is 5.91 Å². The van der Waals surface area contributed by atoms with Gasteiger partial charge in [-0.2, -0.15) is 5.10 Å². The molecule has 1 atom stereocenters. The highest BCUT2D eigenvalue weighted by molar-refractivity contribution is 5.77. The zero-order chi connectivity index (χ0) is 17.0. The van der Waals surface area contributed by atoms with Crippen LogP contribution in [0.1, 0.15) is 57.3 Å². The molecule has 0 bridgehead atoms. The van der Waals surface area contributed by atoms with Crippen LogP contribution in [0.5, 0.6) is 0 Å². The molecule has 7 nitrogen and oxygen atoms in total. The Morgan fingerprint density at radius 2 is 2.17 bits per heavy atom. The first-order chi connectivity index (χ1) is 10.7. The maximum absolute atomic E-state index is 12.1. The van der Waals surface area contributed by atoms with Crippen LogP contribution in [0.25, 0.3) is 0 Å². The van der Waals surface area contributed by atoms with Crippen LogP contribution in [0.2, 0.25) is 0 Å². The second kappa shape index (κ2) is 7.02. The molecule has 23 heavy (non-hydrogen) atoms. The van der Waals surface area contributed by atoms with Gasteiger partial charge in [0.25, 0.3) is 0 Å². The van der Waals surface area contributed by atoms with E-state index in [2.05, 4.69) is 15.7 Å².